The zero-order valence-electron chi connectivity index (χ0n) is 10.6. The van der Waals surface area contributed by atoms with Crippen molar-refractivity contribution in [2.75, 3.05) is 13.7 Å². The Labute approximate surface area is 102 Å². The third-order valence-electron chi connectivity index (χ3n) is 2.49. The summed E-state index contributed by atoms with van der Waals surface area (Å²) in [5, 5.41) is 11.9. The summed E-state index contributed by atoms with van der Waals surface area (Å²) in [4.78, 5) is 0. The summed E-state index contributed by atoms with van der Waals surface area (Å²) >= 11 is 0. The maximum atomic E-state index is 8.74. The van der Waals surface area contributed by atoms with Crippen molar-refractivity contribution in [2.45, 2.75) is 26.7 Å². The lowest BCUT2D eigenvalue weighted by molar-refractivity contribution is 0.288. The summed E-state index contributed by atoms with van der Waals surface area (Å²) in [5.74, 6) is 1.37. The quantitative estimate of drug-likeness (QED) is 0.358. The highest BCUT2D eigenvalue weighted by Gasteiger charge is 2.07. The van der Waals surface area contributed by atoms with Gasteiger partial charge in [-0.05, 0) is 31.5 Å². The Morgan fingerprint density at radius 1 is 1.35 bits per heavy atom. The van der Waals surface area contributed by atoms with Gasteiger partial charge in [-0.25, -0.2) is 0 Å². The van der Waals surface area contributed by atoms with Gasteiger partial charge in [-0.1, -0.05) is 18.5 Å². The third-order valence-corrected chi connectivity index (χ3v) is 2.49. The summed E-state index contributed by atoms with van der Waals surface area (Å²) in [6.45, 7) is 4.50. The fourth-order valence-electron chi connectivity index (χ4n) is 1.40. The van der Waals surface area contributed by atoms with Gasteiger partial charge in [0, 0.05) is 5.56 Å². The van der Waals surface area contributed by atoms with E-state index in [4.69, 9.17) is 14.7 Å². The van der Waals surface area contributed by atoms with Crippen molar-refractivity contribution >= 4 is 5.71 Å². The Balaban J connectivity index is 2.90. The number of rotatable bonds is 6. The monoisotopic (exact) mass is 237 g/mol. The van der Waals surface area contributed by atoms with Crippen LogP contribution in [0.15, 0.2) is 23.4 Å². The van der Waals surface area contributed by atoms with Crippen LogP contribution in [-0.2, 0) is 0 Å². The molecule has 4 heteroatoms. The minimum Gasteiger partial charge on any atom is -0.493 e. The molecule has 0 heterocycles. The van der Waals surface area contributed by atoms with Crippen molar-refractivity contribution in [1.82, 2.24) is 0 Å². The molecule has 0 radical (unpaired) electrons. The molecule has 1 aromatic rings. The molecule has 0 aromatic heterocycles. The highest BCUT2D eigenvalue weighted by Crippen LogP contribution is 2.28. The van der Waals surface area contributed by atoms with Gasteiger partial charge in [0.1, 0.15) is 0 Å². The number of methoxy groups -OCH3 is 1. The smallest absolute Gasteiger partial charge is 0.161 e. The van der Waals surface area contributed by atoms with Gasteiger partial charge in [0.2, 0.25) is 0 Å². The van der Waals surface area contributed by atoms with E-state index in [0.29, 0.717) is 23.8 Å². The van der Waals surface area contributed by atoms with Gasteiger partial charge in [0.15, 0.2) is 11.5 Å². The van der Waals surface area contributed by atoms with Crippen molar-refractivity contribution < 1.29 is 14.7 Å². The molecule has 0 saturated heterocycles. The predicted molar refractivity (Wildman–Crippen MR) is 67.4 cm³/mol. The van der Waals surface area contributed by atoms with Crippen molar-refractivity contribution in [3.05, 3.63) is 23.8 Å². The van der Waals surface area contributed by atoms with Crippen LogP contribution in [0.4, 0.5) is 0 Å². The first-order chi connectivity index (χ1) is 8.22. The van der Waals surface area contributed by atoms with E-state index in [9.17, 15) is 0 Å². The number of unbranched alkanes of at least 4 members (excludes halogenated alkanes) is 1. The molecule has 4 nitrogen and oxygen atoms in total. The minimum absolute atomic E-state index is 0.549. The maximum Gasteiger partial charge on any atom is 0.161 e. The van der Waals surface area contributed by atoms with Crippen LogP contribution >= 0.6 is 0 Å². The van der Waals surface area contributed by atoms with Gasteiger partial charge >= 0.3 is 0 Å². The van der Waals surface area contributed by atoms with E-state index in [1.54, 1.807) is 14.0 Å². The molecule has 0 unspecified atom stereocenters. The molecule has 1 N–H and O–H groups in total. The van der Waals surface area contributed by atoms with Gasteiger partial charge in [-0.2, -0.15) is 0 Å². The van der Waals surface area contributed by atoms with Crippen LogP contribution < -0.4 is 9.47 Å². The van der Waals surface area contributed by atoms with Crippen molar-refractivity contribution in [1.29, 1.82) is 0 Å². The topological polar surface area (TPSA) is 51.0 Å². The summed E-state index contributed by atoms with van der Waals surface area (Å²) in [7, 11) is 1.61. The zero-order chi connectivity index (χ0) is 12.7. The number of benzene rings is 1. The molecule has 0 spiro atoms. The number of hydrogen-bond acceptors (Lipinski definition) is 4. The van der Waals surface area contributed by atoms with Crippen molar-refractivity contribution in [3.63, 3.8) is 0 Å². The van der Waals surface area contributed by atoms with Gasteiger partial charge in [-0.3, -0.25) is 0 Å². The lowest BCUT2D eigenvalue weighted by Gasteiger charge is -2.11. The van der Waals surface area contributed by atoms with Gasteiger partial charge in [0.05, 0.1) is 19.4 Å². The molecule has 17 heavy (non-hydrogen) atoms. The number of hydrogen-bond donors (Lipinski definition) is 1. The summed E-state index contributed by atoms with van der Waals surface area (Å²) in [6.07, 6.45) is 2.08. The number of ether oxygens (including phenoxy) is 2. The molecule has 1 aromatic carbocycles. The van der Waals surface area contributed by atoms with Crippen LogP contribution in [-0.4, -0.2) is 24.6 Å². The highest BCUT2D eigenvalue weighted by molar-refractivity contribution is 5.98. The zero-order valence-corrected chi connectivity index (χ0v) is 10.6. The number of nitrogens with zero attached hydrogens (tertiary/aromatic N) is 1. The minimum atomic E-state index is 0.549. The first-order valence-corrected chi connectivity index (χ1v) is 5.72. The molecule has 0 saturated carbocycles. The lowest BCUT2D eigenvalue weighted by atomic mass is 10.1. The number of oxime groups is 1. The first kappa shape index (κ1) is 13.4. The van der Waals surface area contributed by atoms with E-state index in [1.165, 1.54) is 0 Å². The summed E-state index contributed by atoms with van der Waals surface area (Å²) in [5.41, 5.74) is 1.37. The van der Waals surface area contributed by atoms with Crippen LogP contribution in [0.1, 0.15) is 32.3 Å². The summed E-state index contributed by atoms with van der Waals surface area (Å²) < 4.78 is 10.9. The predicted octanol–water partition coefficient (Wildman–Crippen LogP) is 3.07. The van der Waals surface area contributed by atoms with Crippen LogP contribution in [0.3, 0.4) is 0 Å². The fraction of sp³-hybridized carbons (Fsp3) is 0.462. The second kappa shape index (κ2) is 6.78. The van der Waals surface area contributed by atoms with Crippen molar-refractivity contribution in [2.24, 2.45) is 5.16 Å². The van der Waals surface area contributed by atoms with E-state index >= 15 is 0 Å². The summed E-state index contributed by atoms with van der Waals surface area (Å²) in [6, 6.07) is 5.47. The second-order valence-electron chi connectivity index (χ2n) is 3.75. The first-order valence-electron chi connectivity index (χ1n) is 5.72. The standard InChI is InChI=1S/C13H19NO3/c1-4-5-8-17-13-9-11(10(2)14-15)6-7-12(13)16-3/h6-7,9,15H,4-5,8H2,1-3H3. The molecular weight excluding hydrogens is 218 g/mol. The van der Waals surface area contributed by atoms with Gasteiger partial charge in [0.25, 0.3) is 0 Å². The van der Waals surface area contributed by atoms with Gasteiger partial charge < -0.3 is 14.7 Å². The Hall–Kier alpha value is -1.71. The van der Waals surface area contributed by atoms with Crippen LogP contribution in [0, 0.1) is 0 Å². The maximum absolute atomic E-state index is 8.74. The second-order valence-corrected chi connectivity index (χ2v) is 3.75. The van der Waals surface area contributed by atoms with E-state index < -0.39 is 0 Å². The Morgan fingerprint density at radius 2 is 2.12 bits per heavy atom. The molecule has 94 valence electrons. The molecule has 1 rings (SSSR count). The molecular formula is C13H19NO3. The lowest BCUT2D eigenvalue weighted by Crippen LogP contribution is -2.01. The molecule has 0 atom stereocenters. The van der Waals surface area contributed by atoms with Crippen LogP contribution in [0.2, 0.25) is 0 Å². The van der Waals surface area contributed by atoms with E-state index in [-0.39, 0.29) is 0 Å². The van der Waals surface area contributed by atoms with Crippen molar-refractivity contribution in [3.8, 4) is 11.5 Å². The third kappa shape index (κ3) is 3.66. The Morgan fingerprint density at radius 3 is 2.71 bits per heavy atom. The van der Waals surface area contributed by atoms with Crippen LogP contribution in [0.5, 0.6) is 11.5 Å². The van der Waals surface area contributed by atoms with Gasteiger partial charge in [-0.15, -0.1) is 0 Å². The fourth-order valence-corrected chi connectivity index (χ4v) is 1.40. The highest BCUT2D eigenvalue weighted by atomic mass is 16.5. The normalized spacial score (nSPS) is 11.4. The largest absolute Gasteiger partial charge is 0.493 e. The average molecular weight is 237 g/mol. The van der Waals surface area contributed by atoms with Crippen LogP contribution in [0.25, 0.3) is 0 Å². The molecule has 0 aliphatic carbocycles. The average Bonchev–Trinajstić information content (AvgIpc) is 2.38. The molecule has 0 amide bonds. The molecule has 0 aliphatic heterocycles. The molecule has 0 aliphatic rings. The Kier molecular flexibility index (Phi) is 5.33. The molecule has 0 bridgehead atoms. The Bertz CT molecular complexity index is 388. The van der Waals surface area contributed by atoms with E-state index in [0.717, 1.165) is 18.4 Å². The van der Waals surface area contributed by atoms with E-state index in [1.807, 2.05) is 18.2 Å². The molecule has 0 fully saturated rings. The van der Waals surface area contributed by atoms with E-state index in [2.05, 4.69) is 12.1 Å². The SMILES string of the molecule is CCCCOc1cc(C(C)=NO)ccc1OC.